The molecule has 5 rings (SSSR count). The van der Waals surface area contributed by atoms with Crippen LogP contribution in [-0.2, 0) is 21.2 Å². The summed E-state index contributed by atoms with van der Waals surface area (Å²) in [7, 11) is -4.38. The van der Waals surface area contributed by atoms with E-state index in [-0.39, 0.29) is 28.1 Å². The number of alkyl carbamates (subject to hydrolysis) is 1. The molecule has 2 heterocycles. The summed E-state index contributed by atoms with van der Waals surface area (Å²) in [5.74, 6) is -0.907. The molecule has 4 aromatic rings. The number of nitrogens with one attached hydrogen (secondary N) is 3. The number of aryl methyl sites for hydroxylation is 1. The van der Waals surface area contributed by atoms with Crippen molar-refractivity contribution in [2.45, 2.75) is 88.7 Å². The number of pyridine rings is 1. The number of nitriles is 1. The van der Waals surface area contributed by atoms with E-state index in [1.807, 2.05) is 27.7 Å². The summed E-state index contributed by atoms with van der Waals surface area (Å²) in [6, 6.07) is 13.0. The van der Waals surface area contributed by atoms with Crippen LogP contribution in [0.15, 0.2) is 59.6 Å². The SMILES string of the molecule is CCc1cc(-c2ccc(NS(=O)(=O)c3ccccc3C#N)nc2OC(F)(F)F)cc2cnc(NC3CCC(NC(=O)OC(C)(C)C)CC3)nc12. The number of sulfonamides is 1. The zero-order chi connectivity index (χ0) is 36.3. The van der Waals surface area contributed by atoms with Gasteiger partial charge in [0, 0.05) is 29.2 Å². The zero-order valence-corrected chi connectivity index (χ0v) is 28.6. The zero-order valence-electron chi connectivity index (χ0n) is 27.8. The lowest BCUT2D eigenvalue weighted by atomic mass is 9.91. The average molecular weight is 712 g/mol. The fourth-order valence-corrected chi connectivity index (χ4v) is 6.80. The molecule has 12 nitrogen and oxygen atoms in total. The summed E-state index contributed by atoms with van der Waals surface area (Å²) >= 11 is 0. The first-order valence-electron chi connectivity index (χ1n) is 15.9. The van der Waals surface area contributed by atoms with Gasteiger partial charge in [0.05, 0.1) is 11.1 Å². The van der Waals surface area contributed by atoms with Gasteiger partial charge in [-0.2, -0.15) is 10.2 Å². The highest BCUT2D eigenvalue weighted by Crippen LogP contribution is 2.37. The minimum Gasteiger partial charge on any atom is -0.444 e. The molecular weight excluding hydrogens is 675 g/mol. The quantitative estimate of drug-likeness (QED) is 0.163. The van der Waals surface area contributed by atoms with Crippen molar-refractivity contribution >= 4 is 38.8 Å². The highest BCUT2D eigenvalue weighted by atomic mass is 32.2. The van der Waals surface area contributed by atoms with Crippen molar-refractivity contribution in [2.24, 2.45) is 0 Å². The number of carbonyl (C=O) groups excluding carboxylic acids is 1. The lowest BCUT2D eigenvalue weighted by Crippen LogP contribution is -2.42. The van der Waals surface area contributed by atoms with Gasteiger partial charge >= 0.3 is 12.5 Å². The van der Waals surface area contributed by atoms with E-state index in [0.717, 1.165) is 31.2 Å². The molecule has 0 saturated heterocycles. The molecule has 0 spiro atoms. The predicted molar refractivity (Wildman–Crippen MR) is 180 cm³/mol. The summed E-state index contributed by atoms with van der Waals surface area (Å²) < 4.78 is 78.4. The third-order valence-electron chi connectivity index (χ3n) is 7.84. The van der Waals surface area contributed by atoms with Crippen molar-refractivity contribution in [3.05, 3.63) is 65.9 Å². The molecule has 1 aliphatic rings. The van der Waals surface area contributed by atoms with Gasteiger partial charge in [0.25, 0.3) is 10.0 Å². The van der Waals surface area contributed by atoms with E-state index in [1.54, 1.807) is 24.4 Å². The Morgan fingerprint density at radius 1 is 1.02 bits per heavy atom. The standard InChI is InChI=1S/C34H36F3N7O5S/c1-5-20-16-22(17-23-19-39-31(43-29(20)23)40-24-10-12-25(13-11-24)41-32(45)49-33(2,3)4)26-14-15-28(42-30(26)48-34(35,36)37)44-50(46,47)27-9-7-6-8-21(27)18-38/h6-9,14-17,19,24-25H,5,10-13H2,1-4H3,(H,41,45)(H,42,44)(H,39,40,43). The van der Waals surface area contributed by atoms with E-state index in [9.17, 15) is 31.6 Å². The predicted octanol–water partition coefficient (Wildman–Crippen LogP) is 7.07. The minimum atomic E-state index is -5.13. The number of alkyl halides is 3. The lowest BCUT2D eigenvalue weighted by Gasteiger charge is -2.30. The Kier molecular flexibility index (Phi) is 10.4. The first-order valence-corrected chi connectivity index (χ1v) is 17.4. The van der Waals surface area contributed by atoms with Crippen LogP contribution in [0, 0.1) is 11.3 Å². The number of amides is 1. The Morgan fingerprint density at radius 3 is 2.38 bits per heavy atom. The maximum Gasteiger partial charge on any atom is 0.574 e. The number of anilines is 2. The van der Waals surface area contributed by atoms with Gasteiger partial charge in [0.1, 0.15) is 22.4 Å². The van der Waals surface area contributed by atoms with Gasteiger partial charge in [-0.25, -0.2) is 23.2 Å². The second-order valence-corrected chi connectivity index (χ2v) is 14.4. The van der Waals surface area contributed by atoms with E-state index in [2.05, 4.69) is 30.1 Å². The van der Waals surface area contributed by atoms with Crippen molar-refractivity contribution in [1.82, 2.24) is 20.3 Å². The number of benzene rings is 2. The molecule has 1 amide bonds. The number of aromatic nitrogens is 3. The van der Waals surface area contributed by atoms with Crippen LogP contribution in [0.2, 0.25) is 0 Å². The molecule has 0 radical (unpaired) electrons. The number of ether oxygens (including phenoxy) is 2. The second kappa shape index (κ2) is 14.4. The third kappa shape index (κ3) is 9.08. The fourth-order valence-electron chi connectivity index (χ4n) is 5.64. The molecule has 1 aliphatic carbocycles. The molecule has 0 aliphatic heterocycles. The molecule has 264 valence electrons. The van der Waals surface area contributed by atoms with Crippen molar-refractivity contribution < 1.29 is 35.9 Å². The van der Waals surface area contributed by atoms with Gasteiger partial charge in [-0.05, 0) is 100 Å². The maximum atomic E-state index is 13.6. The van der Waals surface area contributed by atoms with Crippen molar-refractivity contribution in [3.63, 3.8) is 0 Å². The van der Waals surface area contributed by atoms with Crippen molar-refractivity contribution in [1.29, 1.82) is 5.26 Å². The lowest BCUT2D eigenvalue weighted by molar-refractivity contribution is -0.275. The van der Waals surface area contributed by atoms with Gasteiger partial charge in [0.2, 0.25) is 11.8 Å². The molecule has 16 heteroatoms. The number of fused-ring (bicyclic) bond motifs is 1. The van der Waals surface area contributed by atoms with Gasteiger partial charge in [-0.3, -0.25) is 4.72 Å². The molecule has 0 atom stereocenters. The van der Waals surface area contributed by atoms with E-state index in [1.165, 1.54) is 36.4 Å². The summed E-state index contributed by atoms with van der Waals surface area (Å²) in [6.45, 7) is 7.32. The minimum absolute atomic E-state index is 0.000716. The Bertz CT molecular complexity index is 2040. The van der Waals surface area contributed by atoms with Crippen molar-refractivity contribution in [3.8, 4) is 23.1 Å². The number of nitrogens with zero attached hydrogens (tertiary/aromatic N) is 4. The van der Waals surface area contributed by atoms with Crippen LogP contribution in [-0.4, -0.2) is 53.5 Å². The topological polar surface area (TPSA) is 168 Å². The first-order chi connectivity index (χ1) is 23.5. The number of rotatable bonds is 9. The van der Waals surface area contributed by atoms with Crippen LogP contribution in [0.25, 0.3) is 22.0 Å². The molecule has 2 aromatic carbocycles. The fraction of sp³-hybridized carbons (Fsp3) is 0.382. The monoisotopic (exact) mass is 711 g/mol. The molecule has 2 aromatic heterocycles. The van der Waals surface area contributed by atoms with Crippen molar-refractivity contribution in [2.75, 3.05) is 10.0 Å². The molecule has 0 bridgehead atoms. The third-order valence-corrected chi connectivity index (χ3v) is 9.26. The van der Waals surface area contributed by atoms with Gasteiger partial charge in [-0.1, -0.05) is 19.1 Å². The maximum absolute atomic E-state index is 13.6. The largest absolute Gasteiger partial charge is 0.574 e. The van der Waals surface area contributed by atoms with Gasteiger partial charge < -0.3 is 20.1 Å². The van der Waals surface area contributed by atoms with E-state index in [4.69, 9.17) is 9.72 Å². The molecular formula is C34H36F3N7O5S. The number of carbonyl (C=O) groups is 1. The van der Waals surface area contributed by atoms with Crippen LogP contribution < -0.4 is 20.1 Å². The molecule has 1 saturated carbocycles. The highest BCUT2D eigenvalue weighted by molar-refractivity contribution is 7.92. The van der Waals surface area contributed by atoms with Gasteiger partial charge in [0.15, 0.2) is 0 Å². The summed E-state index contributed by atoms with van der Waals surface area (Å²) in [5.41, 5.74) is 0.895. The van der Waals surface area contributed by atoms with Crippen LogP contribution >= 0.6 is 0 Å². The smallest absolute Gasteiger partial charge is 0.444 e. The van der Waals surface area contributed by atoms with E-state index >= 15 is 0 Å². The molecule has 0 unspecified atom stereocenters. The number of hydrogen-bond acceptors (Lipinski definition) is 10. The highest BCUT2D eigenvalue weighted by Gasteiger charge is 2.34. The van der Waals surface area contributed by atoms with Crippen LogP contribution in [0.4, 0.5) is 29.7 Å². The molecule has 3 N–H and O–H groups in total. The summed E-state index contributed by atoms with van der Waals surface area (Å²) in [4.78, 5) is 24.8. The Hall–Kier alpha value is -5.17. The number of halogens is 3. The van der Waals surface area contributed by atoms with Crippen LogP contribution in [0.3, 0.4) is 0 Å². The molecule has 50 heavy (non-hydrogen) atoms. The summed E-state index contributed by atoms with van der Waals surface area (Å²) in [5, 5.41) is 16.2. The average Bonchev–Trinajstić information content (AvgIpc) is 3.03. The summed E-state index contributed by atoms with van der Waals surface area (Å²) in [6.07, 6.45) is -0.468. The Balaban J connectivity index is 1.37. The van der Waals surface area contributed by atoms with E-state index < -0.39 is 39.8 Å². The normalized spacial score (nSPS) is 16.7. The first kappa shape index (κ1) is 36.1. The van der Waals surface area contributed by atoms with Gasteiger partial charge in [-0.15, -0.1) is 13.2 Å². The van der Waals surface area contributed by atoms with Crippen LogP contribution in [0.5, 0.6) is 5.88 Å². The number of hydrogen-bond donors (Lipinski definition) is 3. The Morgan fingerprint density at radius 2 is 1.72 bits per heavy atom. The second-order valence-electron chi connectivity index (χ2n) is 12.8. The Labute approximate surface area is 287 Å². The molecule has 1 fully saturated rings. The van der Waals surface area contributed by atoms with Crippen LogP contribution in [0.1, 0.15) is 64.5 Å². The van der Waals surface area contributed by atoms with E-state index in [0.29, 0.717) is 28.8 Å².